The SMILES string of the molecule is CCC(=O)OCC1([N+](=O)[O-])COC(=O)OC1. The van der Waals surface area contributed by atoms with E-state index in [1.165, 1.54) is 0 Å². The first-order valence-corrected chi connectivity index (χ1v) is 4.60. The van der Waals surface area contributed by atoms with E-state index in [4.69, 9.17) is 0 Å². The molecule has 0 aromatic heterocycles. The van der Waals surface area contributed by atoms with Gasteiger partial charge in [0, 0.05) is 11.3 Å². The molecule has 16 heavy (non-hydrogen) atoms. The minimum absolute atomic E-state index is 0.119. The smallest absolute Gasteiger partial charge is 0.458 e. The molecule has 0 aromatic rings. The van der Waals surface area contributed by atoms with Gasteiger partial charge in [0.05, 0.1) is 0 Å². The molecule has 1 heterocycles. The van der Waals surface area contributed by atoms with Crippen molar-refractivity contribution < 1.29 is 28.7 Å². The third-order valence-electron chi connectivity index (χ3n) is 2.10. The zero-order chi connectivity index (χ0) is 12.2. The van der Waals surface area contributed by atoms with E-state index in [1.807, 2.05) is 0 Å². The number of carbonyl (C=O) groups is 2. The van der Waals surface area contributed by atoms with Crippen LogP contribution in [-0.4, -0.2) is 42.4 Å². The van der Waals surface area contributed by atoms with Crippen molar-refractivity contribution in [2.45, 2.75) is 18.9 Å². The highest BCUT2D eigenvalue weighted by molar-refractivity contribution is 5.69. The van der Waals surface area contributed by atoms with E-state index in [2.05, 4.69) is 14.2 Å². The average molecular weight is 233 g/mol. The highest BCUT2D eigenvalue weighted by Crippen LogP contribution is 2.18. The van der Waals surface area contributed by atoms with Gasteiger partial charge in [-0.1, -0.05) is 6.92 Å². The van der Waals surface area contributed by atoms with Crippen LogP contribution >= 0.6 is 0 Å². The molecule has 1 aliphatic heterocycles. The second kappa shape index (κ2) is 4.77. The summed E-state index contributed by atoms with van der Waals surface area (Å²) in [4.78, 5) is 31.6. The van der Waals surface area contributed by atoms with E-state index >= 15 is 0 Å². The number of ether oxygens (including phenoxy) is 3. The zero-order valence-corrected chi connectivity index (χ0v) is 8.63. The van der Waals surface area contributed by atoms with E-state index in [-0.39, 0.29) is 6.42 Å². The third kappa shape index (κ3) is 2.59. The molecule has 0 spiro atoms. The van der Waals surface area contributed by atoms with E-state index in [1.54, 1.807) is 6.92 Å². The van der Waals surface area contributed by atoms with Crippen molar-refractivity contribution >= 4 is 12.1 Å². The van der Waals surface area contributed by atoms with E-state index in [0.29, 0.717) is 0 Å². The summed E-state index contributed by atoms with van der Waals surface area (Å²) >= 11 is 0. The molecule has 0 saturated carbocycles. The number of nitrogens with zero attached hydrogens (tertiary/aromatic N) is 1. The number of esters is 1. The van der Waals surface area contributed by atoms with E-state index in [9.17, 15) is 19.7 Å². The first kappa shape index (κ1) is 12.2. The molecule has 0 aromatic carbocycles. The molecule has 0 aliphatic carbocycles. The lowest BCUT2D eigenvalue weighted by atomic mass is 10.0. The molecule has 0 bridgehead atoms. The second-order valence-electron chi connectivity index (χ2n) is 3.32. The molecule has 1 aliphatic rings. The molecule has 8 heteroatoms. The van der Waals surface area contributed by atoms with Gasteiger partial charge >= 0.3 is 17.7 Å². The second-order valence-corrected chi connectivity index (χ2v) is 3.32. The maximum atomic E-state index is 10.9. The highest BCUT2D eigenvalue weighted by Gasteiger charge is 2.50. The number of rotatable bonds is 4. The fourth-order valence-electron chi connectivity index (χ4n) is 1.03. The van der Waals surface area contributed by atoms with Crippen LogP contribution in [0.5, 0.6) is 0 Å². The Bertz CT molecular complexity index is 304. The molecule has 90 valence electrons. The number of cyclic esters (lactones) is 2. The fourth-order valence-corrected chi connectivity index (χ4v) is 1.03. The molecule has 0 radical (unpaired) electrons. The van der Waals surface area contributed by atoms with Crippen LogP contribution in [0.25, 0.3) is 0 Å². The van der Waals surface area contributed by atoms with Gasteiger partial charge < -0.3 is 14.2 Å². The van der Waals surface area contributed by atoms with Crippen molar-refractivity contribution in [1.82, 2.24) is 0 Å². The minimum atomic E-state index is -1.70. The van der Waals surface area contributed by atoms with Crippen LogP contribution in [0.15, 0.2) is 0 Å². The van der Waals surface area contributed by atoms with Gasteiger partial charge in [0.15, 0.2) is 19.8 Å². The van der Waals surface area contributed by atoms with Crippen molar-refractivity contribution in [1.29, 1.82) is 0 Å². The molecular formula is C8H11NO7. The van der Waals surface area contributed by atoms with Gasteiger partial charge in [0.1, 0.15) is 0 Å². The lowest BCUT2D eigenvalue weighted by molar-refractivity contribution is -0.583. The zero-order valence-electron chi connectivity index (χ0n) is 8.63. The van der Waals surface area contributed by atoms with Gasteiger partial charge in [-0.3, -0.25) is 14.9 Å². The van der Waals surface area contributed by atoms with Crippen LogP contribution in [0.4, 0.5) is 4.79 Å². The monoisotopic (exact) mass is 233 g/mol. The Labute approximate surface area is 90.6 Å². The number of nitro groups is 1. The summed E-state index contributed by atoms with van der Waals surface area (Å²) in [5.41, 5.74) is -1.70. The maximum Gasteiger partial charge on any atom is 0.508 e. The Morgan fingerprint density at radius 1 is 1.56 bits per heavy atom. The van der Waals surface area contributed by atoms with Gasteiger partial charge in [-0.25, -0.2) is 4.79 Å². The number of hydrogen-bond donors (Lipinski definition) is 0. The third-order valence-corrected chi connectivity index (χ3v) is 2.10. The lowest BCUT2D eigenvalue weighted by Gasteiger charge is -2.27. The topological polar surface area (TPSA) is 105 Å². The van der Waals surface area contributed by atoms with Crippen LogP contribution < -0.4 is 0 Å². The van der Waals surface area contributed by atoms with Crippen LogP contribution in [0.2, 0.25) is 0 Å². The predicted octanol–water partition coefficient (Wildman–Crippen LogP) is 0.122. The van der Waals surface area contributed by atoms with Crippen molar-refractivity contribution in [2.24, 2.45) is 0 Å². The summed E-state index contributed by atoms with van der Waals surface area (Å²) in [6.07, 6.45) is -0.840. The van der Waals surface area contributed by atoms with Gasteiger partial charge in [-0.15, -0.1) is 0 Å². The Hall–Kier alpha value is -1.86. The number of carbonyl (C=O) groups excluding carboxylic acids is 2. The quantitative estimate of drug-likeness (QED) is 0.385. The van der Waals surface area contributed by atoms with Gasteiger partial charge in [0.25, 0.3) is 0 Å². The Balaban J connectivity index is 2.63. The molecule has 0 unspecified atom stereocenters. The van der Waals surface area contributed by atoms with Crippen molar-refractivity contribution in [3.8, 4) is 0 Å². The molecule has 0 amide bonds. The molecular weight excluding hydrogens is 222 g/mol. The Morgan fingerprint density at radius 2 is 2.12 bits per heavy atom. The average Bonchev–Trinajstić information content (AvgIpc) is 2.28. The van der Waals surface area contributed by atoms with Crippen LogP contribution in [0.3, 0.4) is 0 Å². The van der Waals surface area contributed by atoms with Crippen LogP contribution in [0.1, 0.15) is 13.3 Å². The summed E-state index contributed by atoms with van der Waals surface area (Å²) in [6.45, 7) is 0.171. The fraction of sp³-hybridized carbons (Fsp3) is 0.750. The summed E-state index contributed by atoms with van der Waals surface area (Å²) in [5.74, 6) is -0.557. The van der Waals surface area contributed by atoms with Gasteiger partial charge in [0.2, 0.25) is 0 Å². The molecule has 0 atom stereocenters. The van der Waals surface area contributed by atoms with Gasteiger partial charge in [-0.2, -0.15) is 0 Å². The summed E-state index contributed by atoms with van der Waals surface area (Å²) in [6, 6.07) is 0. The first-order valence-electron chi connectivity index (χ1n) is 4.60. The molecule has 8 nitrogen and oxygen atoms in total. The molecule has 1 saturated heterocycles. The molecule has 0 N–H and O–H groups in total. The first-order chi connectivity index (χ1) is 7.50. The molecule has 1 rings (SSSR count). The minimum Gasteiger partial charge on any atom is -0.458 e. The Morgan fingerprint density at radius 3 is 2.56 bits per heavy atom. The highest BCUT2D eigenvalue weighted by atomic mass is 16.7. The van der Waals surface area contributed by atoms with E-state index < -0.39 is 42.4 Å². The summed E-state index contributed by atoms with van der Waals surface area (Å²) < 4.78 is 13.5. The van der Waals surface area contributed by atoms with Crippen molar-refractivity contribution in [2.75, 3.05) is 19.8 Å². The molecule has 1 fully saturated rings. The summed E-state index contributed by atoms with van der Waals surface area (Å²) in [5, 5.41) is 10.8. The van der Waals surface area contributed by atoms with Crippen LogP contribution in [0, 0.1) is 10.1 Å². The maximum absolute atomic E-state index is 10.9. The van der Waals surface area contributed by atoms with Crippen LogP contribution in [-0.2, 0) is 19.0 Å². The largest absolute Gasteiger partial charge is 0.508 e. The van der Waals surface area contributed by atoms with Gasteiger partial charge in [-0.05, 0) is 0 Å². The Kier molecular flexibility index (Phi) is 3.64. The summed E-state index contributed by atoms with van der Waals surface area (Å²) in [7, 11) is 0. The van der Waals surface area contributed by atoms with Crippen molar-refractivity contribution in [3.05, 3.63) is 10.1 Å². The standard InChI is InChI=1S/C8H11NO7/c1-2-6(10)14-3-8(9(12)13)4-15-7(11)16-5-8/h2-5H2,1H3. The van der Waals surface area contributed by atoms with Crippen molar-refractivity contribution in [3.63, 3.8) is 0 Å². The predicted molar refractivity (Wildman–Crippen MR) is 48.3 cm³/mol. The lowest BCUT2D eigenvalue weighted by Crippen LogP contribution is -2.55. The normalized spacial score (nSPS) is 18.2. The number of hydrogen-bond acceptors (Lipinski definition) is 7. The van der Waals surface area contributed by atoms with E-state index in [0.717, 1.165) is 0 Å².